The summed E-state index contributed by atoms with van der Waals surface area (Å²) < 4.78 is 0. The number of primary amides is 2. The SMILES string of the molecule is CC(C)(C)C[C@H]1N(c2cc(C(N)=O)ccc2C(N)=O)[C@H](C(=O)O)[C@@H](c2cccc(Cl)c2)C12C(=O)Nc1cc(Cl)ccc12. The van der Waals surface area contributed by atoms with Crippen LogP contribution in [0.3, 0.4) is 0 Å². The lowest BCUT2D eigenvalue weighted by Crippen LogP contribution is -2.51. The lowest BCUT2D eigenvalue weighted by molar-refractivity contribution is -0.139. The molecule has 0 saturated carbocycles. The van der Waals surface area contributed by atoms with Crippen molar-refractivity contribution in [3.63, 3.8) is 0 Å². The number of nitrogens with two attached hydrogens (primary N) is 2. The van der Waals surface area contributed by atoms with E-state index in [0.717, 1.165) is 0 Å². The Kier molecular flexibility index (Phi) is 7.23. The smallest absolute Gasteiger partial charge is 0.327 e. The Bertz CT molecular complexity index is 1650. The molecular weight excluding hydrogens is 579 g/mol. The molecule has 42 heavy (non-hydrogen) atoms. The zero-order valence-electron chi connectivity index (χ0n) is 23.2. The Balaban J connectivity index is 1.95. The Morgan fingerprint density at radius 2 is 1.67 bits per heavy atom. The second-order valence-corrected chi connectivity index (χ2v) is 12.8. The van der Waals surface area contributed by atoms with Gasteiger partial charge in [-0.1, -0.05) is 62.2 Å². The fraction of sp³-hybridized carbons (Fsp3) is 0.290. The first-order valence-electron chi connectivity index (χ1n) is 13.3. The molecule has 0 radical (unpaired) electrons. The molecular formula is C31H30Cl2N4O5. The maximum Gasteiger partial charge on any atom is 0.327 e. The molecule has 218 valence electrons. The first-order chi connectivity index (χ1) is 19.7. The van der Waals surface area contributed by atoms with Crippen LogP contribution in [-0.4, -0.2) is 40.9 Å². The predicted octanol–water partition coefficient (Wildman–Crippen LogP) is 4.94. The van der Waals surface area contributed by atoms with E-state index in [4.69, 9.17) is 34.7 Å². The largest absolute Gasteiger partial charge is 0.480 e. The maximum atomic E-state index is 14.5. The van der Waals surface area contributed by atoms with Gasteiger partial charge in [0.15, 0.2) is 0 Å². The summed E-state index contributed by atoms with van der Waals surface area (Å²) in [6.07, 6.45) is 0.308. The van der Waals surface area contributed by atoms with Crippen molar-refractivity contribution >= 4 is 58.3 Å². The Labute approximate surface area is 252 Å². The molecule has 9 nitrogen and oxygen atoms in total. The first kappa shape index (κ1) is 29.4. The third kappa shape index (κ3) is 4.66. The van der Waals surface area contributed by atoms with Gasteiger partial charge in [-0.15, -0.1) is 0 Å². The van der Waals surface area contributed by atoms with Crippen molar-refractivity contribution < 1.29 is 24.3 Å². The van der Waals surface area contributed by atoms with Gasteiger partial charge in [0.1, 0.15) is 11.5 Å². The highest BCUT2D eigenvalue weighted by Gasteiger charge is 2.69. The van der Waals surface area contributed by atoms with Crippen molar-refractivity contribution in [3.8, 4) is 0 Å². The normalized spacial score (nSPS) is 23.1. The zero-order valence-corrected chi connectivity index (χ0v) is 24.7. The number of carboxylic acid groups (broad SMARTS) is 1. The highest BCUT2D eigenvalue weighted by molar-refractivity contribution is 6.31. The molecule has 2 aliphatic heterocycles. The van der Waals surface area contributed by atoms with E-state index in [0.29, 0.717) is 33.3 Å². The number of aliphatic carboxylic acids is 1. The maximum absolute atomic E-state index is 14.5. The number of carboxylic acids is 1. The van der Waals surface area contributed by atoms with E-state index in [2.05, 4.69) is 5.32 Å². The number of halogens is 2. The topological polar surface area (TPSA) is 156 Å². The van der Waals surface area contributed by atoms with Crippen LogP contribution < -0.4 is 21.7 Å². The van der Waals surface area contributed by atoms with Crippen LogP contribution in [0.5, 0.6) is 0 Å². The van der Waals surface area contributed by atoms with Gasteiger partial charge in [-0.3, -0.25) is 14.4 Å². The van der Waals surface area contributed by atoms with E-state index in [1.165, 1.54) is 18.2 Å². The second-order valence-electron chi connectivity index (χ2n) is 12.0. The third-order valence-electron chi connectivity index (χ3n) is 8.11. The average Bonchev–Trinajstić information content (AvgIpc) is 3.34. The molecule has 3 aromatic rings. The van der Waals surface area contributed by atoms with Gasteiger partial charge in [-0.25, -0.2) is 4.79 Å². The van der Waals surface area contributed by atoms with Gasteiger partial charge >= 0.3 is 5.97 Å². The van der Waals surface area contributed by atoms with E-state index in [9.17, 15) is 24.3 Å². The number of carbonyl (C=O) groups excluding carboxylic acids is 3. The summed E-state index contributed by atoms with van der Waals surface area (Å²) in [6, 6.07) is 13.6. The molecule has 1 saturated heterocycles. The summed E-state index contributed by atoms with van der Waals surface area (Å²) in [4.78, 5) is 54.5. The molecule has 1 spiro atoms. The van der Waals surface area contributed by atoms with Crippen LogP contribution in [-0.2, 0) is 15.0 Å². The van der Waals surface area contributed by atoms with Crippen LogP contribution in [0.2, 0.25) is 10.0 Å². The molecule has 5 rings (SSSR count). The molecule has 0 aromatic heterocycles. The van der Waals surface area contributed by atoms with Gasteiger partial charge < -0.3 is 26.8 Å². The van der Waals surface area contributed by atoms with Crippen molar-refractivity contribution in [2.24, 2.45) is 16.9 Å². The minimum atomic E-state index is -1.49. The molecule has 2 aliphatic rings. The number of nitrogens with zero attached hydrogens (tertiary/aromatic N) is 1. The molecule has 11 heteroatoms. The van der Waals surface area contributed by atoms with Gasteiger partial charge in [0, 0.05) is 33.3 Å². The lowest BCUT2D eigenvalue weighted by atomic mass is 9.62. The van der Waals surface area contributed by atoms with Gasteiger partial charge in [0.25, 0.3) is 5.91 Å². The first-order valence-corrected chi connectivity index (χ1v) is 14.0. The van der Waals surface area contributed by atoms with Gasteiger partial charge in [0.2, 0.25) is 11.8 Å². The van der Waals surface area contributed by atoms with Crippen molar-refractivity contribution in [1.82, 2.24) is 0 Å². The fourth-order valence-corrected chi connectivity index (χ4v) is 7.04. The Morgan fingerprint density at radius 3 is 2.26 bits per heavy atom. The number of nitrogens with one attached hydrogen (secondary N) is 1. The number of carbonyl (C=O) groups is 4. The van der Waals surface area contributed by atoms with Gasteiger partial charge in [0.05, 0.1) is 11.3 Å². The average molecular weight is 610 g/mol. The van der Waals surface area contributed by atoms with Crippen LogP contribution in [0.1, 0.15) is 65.0 Å². The van der Waals surface area contributed by atoms with Crippen LogP contribution in [0.15, 0.2) is 60.7 Å². The number of hydrogen-bond acceptors (Lipinski definition) is 5. The van der Waals surface area contributed by atoms with Crippen LogP contribution in [0.4, 0.5) is 11.4 Å². The zero-order chi connectivity index (χ0) is 30.7. The summed E-state index contributed by atoms with van der Waals surface area (Å²) >= 11 is 12.8. The highest BCUT2D eigenvalue weighted by Crippen LogP contribution is 2.61. The Morgan fingerprint density at radius 1 is 0.976 bits per heavy atom. The monoisotopic (exact) mass is 608 g/mol. The van der Waals surface area contributed by atoms with E-state index in [1.807, 2.05) is 20.8 Å². The summed E-state index contributed by atoms with van der Waals surface area (Å²) in [6.45, 7) is 5.93. The number of hydrogen-bond donors (Lipinski definition) is 4. The number of fused-ring (bicyclic) bond motifs is 2. The summed E-state index contributed by atoms with van der Waals surface area (Å²) in [7, 11) is 0. The van der Waals surface area contributed by atoms with E-state index in [-0.39, 0.29) is 16.8 Å². The standard InChI is InChI=1S/C31H30Cl2N4O5/c1-30(2,3)14-23-31(20-10-8-18(33)13-21(20)36-29(31)42)24(15-5-4-6-17(32)11-15)25(28(40)41)37(23)22-12-16(26(34)38)7-9-19(22)27(35)39/h4-13,23-25H,14H2,1-3H3,(H2,34,38)(H2,35,39)(H,36,42)(H,40,41)/t23-,24-,25+,31?/m1/s1. The van der Waals surface area contributed by atoms with Crippen molar-refractivity contribution in [1.29, 1.82) is 0 Å². The number of anilines is 2. The molecule has 1 unspecified atom stereocenters. The van der Waals surface area contributed by atoms with Gasteiger partial charge in [-0.2, -0.15) is 0 Å². The summed E-state index contributed by atoms with van der Waals surface area (Å²) in [5.41, 5.74) is 11.2. The van der Waals surface area contributed by atoms with Crippen LogP contribution in [0.25, 0.3) is 0 Å². The molecule has 4 atom stereocenters. The van der Waals surface area contributed by atoms with Crippen molar-refractivity contribution in [2.45, 2.75) is 50.6 Å². The molecule has 3 amide bonds. The molecule has 3 aromatic carbocycles. The number of benzene rings is 3. The number of amides is 3. The Hall–Kier alpha value is -4.08. The van der Waals surface area contributed by atoms with E-state index >= 15 is 0 Å². The molecule has 6 N–H and O–H groups in total. The third-order valence-corrected chi connectivity index (χ3v) is 8.58. The molecule has 2 heterocycles. The minimum Gasteiger partial charge on any atom is -0.480 e. The predicted molar refractivity (Wildman–Crippen MR) is 161 cm³/mol. The molecule has 0 bridgehead atoms. The van der Waals surface area contributed by atoms with Crippen molar-refractivity contribution in [2.75, 3.05) is 10.2 Å². The highest BCUT2D eigenvalue weighted by atomic mass is 35.5. The van der Waals surface area contributed by atoms with Crippen LogP contribution >= 0.6 is 23.2 Å². The van der Waals surface area contributed by atoms with Gasteiger partial charge in [-0.05, 0) is 65.4 Å². The quantitative estimate of drug-likeness (QED) is 0.310. The fourth-order valence-electron chi connectivity index (χ4n) is 6.67. The van der Waals surface area contributed by atoms with Crippen LogP contribution in [0, 0.1) is 5.41 Å². The molecule has 1 fully saturated rings. The van der Waals surface area contributed by atoms with E-state index in [1.54, 1.807) is 47.4 Å². The minimum absolute atomic E-state index is 0.0122. The molecule has 0 aliphatic carbocycles. The lowest BCUT2D eigenvalue weighted by Gasteiger charge is -2.40. The second kappa shape index (κ2) is 10.3. The number of rotatable bonds is 6. The van der Waals surface area contributed by atoms with Crippen molar-refractivity contribution in [3.05, 3.63) is 93.0 Å². The van der Waals surface area contributed by atoms with E-state index < -0.39 is 52.5 Å². The summed E-state index contributed by atoms with van der Waals surface area (Å²) in [5.74, 6) is -4.26. The summed E-state index contributed by atoms with van der Waals surface area (Å²) in [5, 5.41) is 14.7.